The summed E-state index contributed by atoms with van der Waals surface area (Å²) in [5, 5.41) is 7.06. The van der Waals surface area contributed by atoms with Crippen LogP contribution in [0.25, 0.3) is 5.69 Å². The molecule has 1 saturated heterocycles. The van der Waals surface area contributed by atoms with Crippen LogP contribution in [0, 0.1) is 0 Å². The second-order valence-electron chi connectivity index (χ2n) is 5.96. The van der Waals surface area contributed by atoms with Gasteiger partial charge in [0.25, 0.3) is 5.91 Å². The summed E-state index contributed by atoms with van der Waals surface area (Å²) in [5.41, 5.74) is 3.21. The average Bonchev–Trinajstić information content (AvgIpc) is 3.24. The molecule has 1 amide bonds. The lowest BCUT2D eigenvalue weighted by atomic mass is 10.1. The predicted molar refractivity (Wildman–Crippen MR) is 98.8 cm³/mol. The number of ether oxygens (including phenoxy) is 1. The van der Waals surface area contributed by atoms with Crippen LogP contribution in [0.15, 0.2) is 61.2 Å². The maximum Gasteiger partial charge on any atom is 0.257 e. The first kappa shape index (κ1) is 16.3. The topological polar surface area (TPSA) is 72.3 Å². The summed E-state index contributed by atoms with van der Waals surface area (Å²) < 4.78 is 7.07. The molecule has 2 heterocycles. The van der Waals surface area contributed by atoms with Gasteiger partial charge in [0.1, 0.15) is 12.7 Å². The maximum atomic E-state index is 12.8. The zero-order chi connectivity index (χ0) is 17.8. The van der Waals surface area contributed by atoms with Crippen LogP contribution in [-0.4, -0.2) is 47.0 Å². The van der Waals surface area contributed by atoms with Gasteiger partial charge in [-0.25, -0.2) is 9.67 Å². The molecule has 0 bridgehead atoms. The monoisotopic (exact) mass is 349 g/mol. The van der Waals surface area contributed by atoms with Gasteiger partial charge in [-0.2, -0.15) is 5.10 Å². The number of benzene rings is 2. The van der Waals surface area contributed by atoms with E-state index < -0.39 is 0 Å². The SMILES string of the molecule is O=C(Nc1ccc(-n2cncn2)cc1)c1ccccc1N1CCOCC1. The van der Waals surface area contributed by atoms with Gasteiger partial charge in [0.2, 0.25) is 0 Å². The van der Waals surface area contributed by atoms with E-state index in [0.717, 1.165) is 30.2 Å². The van der Waals surface area contributed by atoms with Crippen LogP contribution in [0.5, 0.6) is 0 Å². The lowest BCUT2D eigenvalue weighted by molar-refractivity contribution is 0.102. The molecule has 1 aromatic heterocycles. The van der Waals surface area contributed by atoms with Crippen molar-refractivity contribution in [3.8, 4) is 5.69 Å². The largest absolute Gasteiger partial charge is 0.378 e. The Morgan fingerprint density at radius 3 is 2.54 bits per heavy atom. The third kappa shape index (κ3) is 3.43. The van der Waals surface area contributed by atoms with Gasteiger partial charge in [0, 0.05) is 24.5 Å². The van der Waals surface area contributed by atoms with Crippen molar-refractivity contribution >= 4 is 17.3 Å². The Kier molecular flexibility index (Phi) is 4.61. The number of hydrogen-bond acceptors (Lipinski definition) is 5. The molecule has 1 N–H and O–H groups in total. The van der Waals surface area contributed by atoms with Gasteiger partial charge in [-0.1, -0.05) is 12.1 Å². The molecule has 2 aromatic carbocycles. The Morgan fingerprint density at radius 2 is 1.81 bits per heavy atom. The Labute approximate surface area is 151 Å². The van der Waals surface area contributed by atoms with Gasteiger partial charge in [-0.15, -0.1) is 0 Å². The lowest BCUT2D eigenvalue weighted by Gasteiger charge is -2.30. The number of anilines is 2. The number of nitrogens with zero attached hydrogens (tertiary/aromatic N) is 4. The fourth-order valence-corrected chi connectivity index (χ4v) is 2.98. The number of aromatic nitrogens is 3. The zero-order valence-electron chi connectivity index (χ0n) is 14.2. The quantitative estimate of drug-likeness (QED) is 0.783. The molecule has 7 heteroatoms. The Morgan fingerprint density at radius 1 is 1.04 bits per heavy atom. The second-order valence-corrected chi connectivity index (χ2v) is 5.96. The van der Waals surface area contributed by atoms with E-state index in [1.54, 1.807) is 11.0 Å². The van der Waals surface area contributed by atoms with E-state index in [2.05, 4.69) is 20.3 Å². The Balaban J connectivity index is 1.51. The normalized spacial score (nSPS) is 14.2. The van der Waals surface area contributed by atoms with Crippen molar-refractivity contribution in [2.24, 2.45) is 0 Å². The van der Waals surface area contributed by atoms with Crippen LogP contribution in [0.4, 0.5) is 11.4 Å². The number of morpholine rings is 1. The molecule has 0 unspecified atom stereocenters. The summed E-state index contributed by atoms with van der Waals surface area (Å²) in [6, 6.07) is 15.1. The smallest absolute Gasteiger partial charge is 0.257 e. The number of nitrogens with one attached hydrogen (secondary N) is 1. The van der Waals surface area contributed by atoms with Crippen LogP contribution in [0.3, 0.4) is 0 Å². The van der Waals surface area contributed by atoms with Crippen LogP contribution in [-0.2, 0) is 4.74 Å². The van der Waals surface area contributed by atoms with Crippen molar-refractivity contribution in [2.45, 2.75) is 0 Å². The first-order valence-corrected chi connectivity index (χ1v) is 8.49. The first-order chi connectivity index (χ1) is 12.8. The van der Waals surface area contributed by atoms with Gasteiger partial charge < -0.3 is 15.0 Å². The molecule has 1 fully saturated rings. The van der Waals surface area contributed by atoms with E-state index in [-0.39, 0.29) is 5.91 Å². The minimum absolute atomic E-state index is 0.124. The van der Waals surface area contributed by atoms with Gasteiger partial charge >= 0.3 is 0 Å². The molecule has 0 aliphatic carbocycles. The van der Waals surface area contributed by atoms with Gasteiger partial charge in [0.05, 0.1) is 24.5 Å². The summed E-state index contributed by atoms with van der Waals surface area (Å²) in [7, 11) is 0. The molecule has 4 rings (SSSR count). The number of carbonyl (C=O) groups is 1. The third-order valence-electron chi connectivity index (χ3n) is 4.31. The molecular formula is C19H19N5O2. The second kappa shape index (κ2) is 7.37. The van der Waals surface area contributed by atoms with Crippen LogP contribution >= 0.6 is 0 Å². The van der Waals surface area contributed by atoms with Crippen LogP contribution in [0.1, 0.15) is 10.4 Å². The summed E-state index contributed by atoms with van der Waals surface area (Å²) in [6.07, 6.45) is 3.12. The third-order valence-corrected chi connectivity index (χ3v) is 4.31. The molecule has 0 radical (unpaired) electrons. The van der Waals surface area contributed by atoms with E-state index in [1.165, 1.54) is 6.33 Å². The summed E-state index contributed by atoms with van der Waals surface area (Å²) in [5.74, 6) is -0.124. The number of amides is 1. The van der Waals surface area contributed by atoms with Crippen molar-refractivity contribution in [2.75, 3.05) is 36.5 Å². The van der Waals surface area contributed by atoms with Crippen molar-refractivity contribution in [3.63, 3.8) is 0 Å². The molecule has 3 aromatic rings. The summed E-state index contributed by atoms with van der Waals surface area (Å²) >= 11 is 0. The molecule has 26 heavy (non-hydrogen) atoms. The first-order valence-electron chi connectivity index (χ1n) is 8.49. The molecule has 0 spiro atoms. The Hall–Kier alpha value is -3.19. The zero-order valence-corrected chi connectivity index (χ0v) is 14.2. The highest BCUT2D eigenvalue weighted by atomic mass is 16.5. The lowest BCUT2D eigenvalue weighted by Crippen LogP contribution is -2.37. The molecular weight excluding hydrogens is 330 g/mol. The maximum absolute atomic E-state index is 12.8. The highest BCUT2D eigenvalue weighted by molar-refractivity contribution is 6.08. The molecule has 0 saturated carbocycles. The predicted octanol–water partition coefficient (Wildman–Crippen LogP) is 2.36. The van der Waals surface area contributed by atoms with Crippen LogP contribution in [0.2, 0.25) is 0 Å². The van der Waals surface area contributed by atoms with Gasteiger partial charge in [-0.05, 0) is 36.4 Å². The van der Waals surface area contributed by atoms with Crippen LogP contribution < -0.4 is 10.2 Å². The van der Waals surface area contributed by atoms with Gasteiger partial charge in [-0.3, -0.25) is 4.79 Å². The molecule has 7 nitrogen and oxygen atoms in total. The number of hydrogen-bond donors (Lipinski definition) is 1. The van der Waals surface area contributed by atoms with Crippen molar-refractivity contribution in [1.82, 2.24) is 14.8 Å². The van der Waals surface area contributed by atoms with E-state index in [0.29, 0.717) is 18.8 Å². The fourth-order valence-electron chi connectivity index (χ4n) is 2.98. The Bertz CT molecular complexity index is 871. The number of para-hydroxylation sites is 1. The van der Waals surface area contributed by atoms with Crippen molar-refractivity contribution < 1.29 is 9.53 Å². The highest BCUT2D eigenvalue weighted by Crippen LogP contribution is 2.23. The standard InChI is InChI=1S/C19H19N5O2/c25-19(17-3-1-2-4-18(17)23-9-11-26-12-10-23)22-15-5-7-16(8-6-15)24-14-20-13-21-24/h1-8,13-14H,9-12H2,(H,22,25). The summed E-state index contributed by atoms with van der Waals surface area (Å²) in [6.45, 7) is 2.94. The van der Waals surface area contributed by atoms with E-state index >= 15 is 0 Å². The molecule has 0 atom stereocenters. The van der Waals surface area contributed by atoms with Crippen molar-refractivity contribution in [3.05, 3.63) is 66.7 Å². The number of carbonyl (C=O) groups excluding carboxylic acids is 1. The van der Waals surface area contributed by atoms with E-state index in [9.17, 15) is 4.79 Å². The van der Waals surface area contributed by atoms with E-state index in [4.69, 9.17) is 4.74 Å². The highest BCUT2D eigenvalue weighted by Gasteiger charge is 2.18. The van der Waals surface area contributed by atoms with Crippen molar-refractivity contribution in [1.29, 1.82) is 0 Å². The average molecular weight is 349 g/mol. The van der Waals surface area contributed by atoms with E-state index in [1.807, 2.05) is 48.5 Å². The van der Waals surface area contributed by atoms with Gasteiger partial charge in [0.15, 0.2) is 0 Å². The fraction of sp³-hybridized carbons (Fsp3) is 0.211. The minimum atomic E-state index is -0.124. The molecule has 132 valence electrons. The molecule has 1 aliphatic heterocycles. The summed E-state index contributed by atoms with van der Waals surface area (Å²) in [4.78, 5) is 18.9. The number of rotatable bonds is 4. The minimum Gasteiger partial charge on any atom is -0.378 e. The molecule has 1 aliphatic rings.